The van der Waals surface area contributed by atoms with Crippen molar-refractivity contribution >= 4 is 5.82 Å². The van der Waals surface area contributed by atoms with Crippen molar-refractivity contribution in [2.24, 2.45) is 0 Å². The van der Waals surface area contributed by atoms with Crippen molar-refractivity contribution in [2.45, 2.75) is 25.8 Å². The zero-order valence-electron chi connectivity index (χ0n) is 16.0. The lowest BCUT2D eigenvalue weighted by Gasteiger charge is -2.40. The second kappa shape index (κ2) is 8.90. The van der Waals surface area contributed by atoms with E-state index in [0.717, 1.165) is 56.3 Å². The molecule has 0 N–H and O–H groups in total. The molecule has 1 fully saturated rings. The normalized spacial score (nSPS) is 18.0. The monoisotopic (exact) mass is 355 g/mol. The van der Waals surface area contributed by atoms with E-state index in [1.807, 2.05) is 18.3 Å². The van der Waals surface area contributed by atoms with Crippen LogP contribution in [0.25, 0.3) is 0 Å². The van der Waals surface area contributed by atoms with E-state index in [0.29, 0.717) is 6.04 Å². The van der Waals surface area contributed by atoms with Gasteiger partial charge in [-0.2, -0.15) is 0 Å². The molecule has 0 aliphatic carbocycles. The highest BCUT2D eigenvalue weighted by molar-refractivity contribution is 5.43. The highest BCUT2D eigenvalue weighted by atomic mass is 16.5. The molecule has 0 amide bonds. The van der Waals surface area contributed by atoms with Crippen molar-refractivity contribution < 1.29 is 9.47 Å². The van der Waals surface area contributed by atoms with E-state index in [4.69, 9.17) is 9.47 Å². The molecule has 1 aliphatic heterocycles. The molecular formula is C21H29N3O2. The standard InChI is InChI=1S/C21H29N3O2/c1-17-16-24(21-8-4-5-11-22-21)14-13-23(17)12-6-7-18-9-10-19(25-2)20(15-18)26-3/h4-5,8-11,15,17H,6-7,12-14,16H2,1-3H3. The number of anilines is 1. The summed E-state index contributed by atoms with van der Waals surface area (Å²) in [6.07, 6.45) is 4.06. The number of aryl methyl sites for hydroxylation is 1. The Morgan fingerprint density at radius 2 is 1.92 bits per heavy atom. The number of hydrogen-bond donors (Lipinski definition) is 0. The van der Waals surface area contributed by atoms with Crippen LogP contribution in [0.5, 0.6) is 11.5 Å². The molecule has 2 aromatic rings. The number of nitrogens with zero attached hydrogens (tertiary/aromatic N) is 3. The van der Waals surface area contributed by atoms with Crippen LogP contribution in [0.15, 0.2) is 42.6 Å². The molecule has 0 bridgehead atoms. The molecule has 1 atom stereocenters. The summed E-state index contributed by atoms with van der Waals surface area (Å²) in [5.74, 6) is 2.68. The van der Waals surface area contributed by atoms with Gasteiger partial charge in [0.15, 0.2) is 11.5 Å². The van der Waals surface area contributed by atoms with E-state index in [1.54, 1.807) is 14.2 Å². The van der Waals surface area contributed by atoms with Gasteiger partial charge >= 0.3 is 0 Å². The van der Waals surface area contributed by atoms with E-state index >= 15 is 0 Å². The second-order valence-corrected chi connectivity index (χ2v) is 6.81. The lowest BCUT2D eigenvalue weighted by Crippen LogP contribution is -2.52. The fourth-order valence-electron chi connectivity index (χ4n) is 3.60. The fraction of sp³-hybridized carbons (Fsp3) is 0.476. The molecule has 0 radical (unpaired) electrons. The topological polar surface area (TPSA) is 37.8 Å². The van der Waals surface area contributed by atoms with Gasteiger partial charge in [-0.25, -0.2) is 4.98 Å². The lowest BCUT2D eigenvalue weighted by molar-refractivity contribution is 0.187. The molecule has 1 aromatic carbocycles. The Morgan fingerprint density at radius 1 is 1.08 bits per heavy atom. The van der Waals surface area contributed by atoms with Gasteiger partial charge in [0.1, 0.15) is 5.82 Å². The summed E-state index contributed by atoms with van der Waals surface area (Å²) in [6.45, 7) is 6.59. The highest BCUT2D eigenvalue weighted by Gasteiger charge is 2.23. The van der Waals surface area contributed by atoms with E-state index in [9.17, 15) is 0 Å². The molecule has 5 heteroatoms. The minimum Gasteiger partial charge on any atom is -0.493 e. The first-order valence-electron chi connectivity index (χ1n) is 9.32. The number of ether oxygens (including phenoxy) is 2. The molecule has 0 spiro atoms. The number of aromatic nitrogens is 1. The third-order valence-corrected chi connectivity index (χ3v) is 5.10. The highest BCUT2D eigenvalue weighted by Crippen LogP contribution is 2.28. The zero-order valence-corrected chi connectivity index (χ0v) is 16.0. The third kappa shape index (κ3) is 4.47. The SMILES string of the molecule is COc1ccc(CCCN2CCN(c3ccccn3)CC2C)cc1OC. The van der Waals surface area contributed by atoms with Crippen molar-refractivity contribution in [2.75, 3.05) is 45.3 Å². The maximum absolute atomic E-state index is 5.40. The van der Waals surface area contributed by atoms with Crippen molar-refractivity contribution in [3.8, 4) is 11.5 Å². The first-order chi connectivity index (χ1) is 12.7. The van der Waals surface area contributed by atoms with Gasteiger partial charge in [0.2, 0.25) is 0 Å². The predicted molar refractivity (Wildman–Crippen MR) is 105 cm³/mol. The van der Waals surface area contributed by atoms with E-state index in [-0.39, 0.29) is 0 Å². The largest absolute Gasteiger partial charge is 0.493 e. The molecule has 26 heavy (non-hydrogen) atoms. The summed E-state index contributed by atoms with van der Waals surface area (Å²) in [5, 5.41) is 0. The first kappa shape index (κ1) is 18.5. The first-order valence-corrected chi connectivity index (χ1v) is 9.32. The number of methoxy groups -OCH3 is 2. The Kier molecular flexibility index (Phi) is 6.34. The number of pyridine rings is 1. The molecule has 140 valence electrons. The third-order valence-electron chi connectivity index (χ3n) is 5.10. The Hall–Kier alpha value is -2.27. The van der Waals surface area contributed by atoms with Crippen molar-refractivity contribution in [3.63, 3.8) is 0 Å². The maximum Gasteiger partial charge on any atom is 0.160 e. The average molecular weight is 355 g/mol. The molecule has 1 unspecified atom stereocenters. The summed E-state index contributed by atoms with van der Waals surface area (Å²) in [6, 6.07) is 12.9. The van der Waals surface area contributed by atoms with Gasteiger partial charge in [0.25, 0.3) is 0 Å². The summed E-state index contributed by atoms with van der Waals surface area (Å²) < 4.78 is 10.7. The minimum absolute atomic E-state index is 0.538. The average Bonchev–Trinajstić information content (AvgIpc) is 2.69. The summed E-state index contributed by atoms with van der Waals surface area (Å²) >= 11 is 0. The van der Waals surface area contributed by atoms with Gasteiger partial charge in [0, 0.05) is 31.9 Å². The van der Waals surface area contributed by atoms with Crippen LogP contribution in [0.3, 0.4) is 0 Å². The van der Waals surface area contributed by atoms with Gasteiger partial charge in [-0.05, 0) is 56.1 Å². The number of benzene rings is 1. The Morgan fingerprint density at radius 3 is 2.62 bits per heavy atom. The van der Waals surface area contributed by atoms with Crippen LogP contribution in [0, 0.1) is 0 Å². The Labute approximate surface area is 156 Å². The number of piperazine rings is 1. The van der Waals surface area contributed by atoms with Gasteiger partial charge < -0.3 is 14.4 Å². The van der Waals surface area contributed by atoms with Crippen LogP contribution >= 0.6 is 0 Å². The number of rotatable bonds is 7. The van der Waals surface area contributed by atoms with Gasteiger partial charge in [-0.3, -0.25) is 4.90 Å². The zero-order chi connectivity index (χ0) is 18.4. The number of hydrogen-bond acceptors (Lipinski definition) is 5. The van der Waals surface area contributed by atoms with Gasteiger partial charge in [0.05, 0.1) is 14.2 Å². The molecular weight excluding hydrogens is 326 g/mol. The molecule has 2 heterocycles. The van der Waals surface area contributed by atoms with Gasteiger partial charge in [-0.1, -0.05) is 12.1 Å². The van der Waals surface area contributed by atoms with E-state index in [2.05, 4.69) is 46.0 Å². The smallest absolute Gasteiger partial charge is 0.160 e. The van der Waals surface area contributed by atoms with Crippen molar-refractivity contribution in [1.29, 1.82) is 0 Å². The van der Waals surface area contributed by atoms with Crippen LogP contribution < -0.4 is 14.4 Å². The second-order valence-electron chi connectivity index (χ2n) is 6.81. The molecule has 3 rings (SSSR count). The lowest BCUT2D eigenvalue weighted by atomic mass is 10.1. The van der Waals surface area contributed by atoms with E-state index in [1.165, 1.54) is 5.56 Å². The maximum atomic E-state index is 5.40. The molecule has 1 saturated heterocycles. The van der Waals surface area contributed by atoms with Crippen LogP contribution in [0.1, 0.15) is 18.9 Å². The van der Waals surface area contributed by atoms with Crippen LogP contribution in [-0.2, 0) is 6.42 Å². The molecule has 1 aromatic heterocycles. The molecule has 5 nitrogen and oxygen atoms in total. The van der Waals surface area contributed by atoms with Crippen LogP contribution in [0.4, 0.5) is 5.82 Å². The van der Waals surface area contributed by atoms with E-state index < -0.39 is 0 Å². The molecule has 0 saturated carbocycles. The van der Waals surface area contributed by atoms with Crippen molar-refractivity contribution in [3.05, 3.63) is 48.2 Å². The fourth-order valence-corrected chi connectivity index (χ4v) is 3.60. The van der Waals surface area contributed by atoms with Crippen LogP contribution in [-0.4, -0.2) is 56.3 Å². The minimum atomic E-state index is 0.538. The summed E-state index contributed by atoms with van der Waals surface area (Å²) in [7, 11) is 3.36. The summed E-state index contributed by atoms with van der Waals surface area (Å²) in [5.41, 5.74) is 1.29. The summed E-state index contributed by atoms with van der Waals surface area (Å²) in [4.78, 5) is 9.45. The predicted octanol–water partition coefficient (Wildman–Crippen LogP) is 3.24. The quantitative estimate of drug-likeness (QED) is 0.762. The Bertz CT molecular complexity index is 693. The van der Waals surface area contributed by atoms with Crippen molar-refractivity contribution in [1.82, 2.24) is 9.88 Å². The Balaban J connectivity index is 1.48. The van der Waals surface area contributed by atoms with Crippen LogP contribution in [0.2, 0.25) is 0 Å². The molecule has 1 aliphatic rings. The van der Waals surface area contributed by atoms with Gasteiger partial charge in [-0.15, -0.1) is 0 Å².